The predicted octanol–water partition coefficient (Wildman–Crippen LogP) is 5.04. The molecule has 3 N–H and O–H groups in total. The first kappa shape index (κ1) is 57.1. The second-order valence-electron chi connectivity index (χ2n) is 17.8. The molecule has 3 aromatic rings. The minimum atomic E-state index is -2.43. The molecule has 17 nitrogen and oxygen atoms in total. The van der Waals surface area contributed by atoms with Crippen LogP contribution in [-0.4, -0.2) is 120 Å². The number of rotatable bonds is 12. The van der Waals surface area contributed by atoms with Crippen molar-refractivity contribution < 1.29 is 105 Å². The van der Waals surface area contributed by atoms with Crippen molar-refractivity contribution >= 4 is 48.8 Å². The normalized spacial score (nSPS) is 28.7. The number of aliphatic imine (C=N–C) groups is 1. The number of carbonyl (C=O) groups is 6. The van der Waals surface area contributed by atoms with Gasteiger partial charge in [0, 0.05) is 70.4 Å². The van der Waals surface area contributed by atoms with Gasteiger partial charge >= 0.3 is 23.9 Å². The van der Waals surface area contributed by atoms with Crippen molar-refractivity contribution in [2.24, 2.45) is 21.7 Å². The van der Waals surface area contributed by atoms with E-state index in [0.29, 0.717) is 5.56 Å². The van der Waals surface area contributed by atoms with Crippen LogP contribution in [0.1, 0.15) is 101 Å². The van der Waals surface area contributed by atoms with E-state index < -0.39 is 113 Å². The van der Waals surface area contributed by atoms with Crippen LogP contribution in [0.2, 0.25) is 0 Å². The number of aliphatic hydroxyl groups excluding tert-OH is 1. The van der Waals surface area contributed by atoms with E-state index >= 15 is 4.79 Å². The van der Waals surface area contributed by atoms with E-state index in [2.05, 4.69) is 17.0 Å². The molecule has 18 heteroatoms. The van der Waals surface area contributed by atoms with Crippen LogP contribution in [0.25, 0.3) is 0 Å². The van der Waals surface area contributed by atoms with Crippen LogP contribution in [-0.2, 0) is 85.1 Å². The average molecular weight is 1040 g/mol. The monoisotopic (exact) mass is 1040 g/mol. The molecule has 11 atom stereocenters. The van der Waals surface area contributed by atoms with E-state index in [9.17, 15) is 39.0 Å². The third-order valence-electron chi connectivity index (χ3n) is 13.6. The second kappa shape index (κ2) is 23.6. The number of fused-ring (bicyclic) bond motifs is 5. The molecule has 1 saturated heterocycles. The van der Waals surface area contributed by atoms with Crippen molar-refractivity contribution in [2.45, 2.75) is 122 Å². The first-order valence-electron chi connectivity index (χ1n) is 22.6. The summed E-state index contributed by atoms with van der Waals surface area (Å²) in [5.41, 5.74) is -7.27. The quantitative estimate of drug-likeness (QED) is 0.0708. The number of ketones is 1. The van der Waals surface area contributed by atoms with Gasteiger partial charge in [0.05, 0.1) is 35.6 Å². The van der Waals surface area contributed by atoms with Gasteiger partial charge < -0.3 is 60.5 Å². The van der Waals surface area contributed by atoms with Crippen molar-refractivity contribution in [3.63, 3.8) is 0 Å². The van der Waals surface area contributed by atoms with E-state index in [4.69, 9.17) is 28.4 Å². The third-order valence-corrected chi connectivity index (χ3v) is 13.6. The SMILES string of the molecule is CC.CC(=O)O[C@H]1C(=O)[C@]2(C)[C@@H](O)CC3OC[C@@]3(OC(C)=O)[C@H]2[C@H](OC(=O)c2ccccc2)[C@]2(O)CC(OC(=O)[C@H](O[C-]=O)[C@@H](NC(=O)c3ccccc3)c3ccccc3)C(C)=C1C2(C)C.[CH-]=NC.[Y]. The summed E-state index contributed by atoms with van der Waals surface area (Å²) in [6.45, 7) is 17.6. The molecular weight excluding hydrogens is 981 g/mol. The third kappa shape index (κ3) is 10.7. The van der Waals surface area contributed by atoms with Crippen molar-refractivity contribution in [3.8, 4) is 0 Å². The Labute approximate surface area is 432 Å². The van der Waals surface area contributed by atoms with Gasteiger partial charge in [-0.25, -0.2) is 9.59 Å². The van der Waals surface area contributed by atoms with E-state index in [1.807, 2.05) is 13.8 Å². The van der Waals surface area contributed by atoms with E-state index in [1.54, 1.807) is 92.7 Å². The molecule has 2 unspecified atom stereocenters. The smallest absolute Gasteiger partial charge is 0.347 e. The largest absolute Gasteiger partial charge is 0.641 e. The molecule has 3 fully saturated rings. The van der Waals surface area contributed by atoms with Gasteiger partial charge in [0.25, 0.3) is 5.91 Å². The Balaban J connectivity index is 0.00000171. The molecule has 2 bridgehead atoms. The standard InChI is InChI=1S/C48H50NO15.C2H4N.C2H6.Y/c1-26-32(62-44(57)38(60-25-50)36(29-16-10-7-11-17-29)49-42(55)30-18-12-8-13-19-30)23-48(58)41(63-43(56)31-20-14-9-15-21-31)39-46(6,33(53)22-34-47(39,24-59-34)64-28(3)52)40(54)37(61-27(2)51)35(26)45(48,4)5;1-3-2;1-2;/h7-21,32-34,36-39,41,53,58H,22-24H2,1-6H3,(H,49,55);1H,2H3;1-2H3;/q2*-1;;/t32?,33-,34?,36-,37+,38+,39-,41-,46+,47-,48+;;;/m0.../s1. The van der Waals surface area contributed by atoms with Gasteiger partial charge in [0.15, 0.2) is 23.6 Å². The fraction of sp³-hybridized carbons (Fsp3) is 0.462. The van der Waals surface area contributed by atoms with Crippen LogP contribution in [0.5, 0.6) is 0 Å². The summed E-state index contributed by atoms with van der Waals surface area (Å²) in [4.78, 5) is 99.2. The number of nitrogens with one attached hydrogen (secondary N) is 1. The molecule has 1 amide bonds. The number of hydrogen-bond acceptors (Lipinski definition) is 16. The number of amides is 1. The molecule has 0 spiro atoms. The molecule has 70 heavy (non-hydrogen) atoms. The zero-order chi connectivity index (χ0) is 51.1. The Morgan fingerprint density at radius 3 is 1.91 bits per heavy atom. The summed E-state index contributed by atoms with van der Waals surface area (Å²) in [5, 5.41) is 28.6. The minimum Gasteiger partial charge on any atom is -0.641 e. The fourth-order valence-electron chi connectivity index (χ4n) is 10.3. The van der Waals surface area contributed by atoms with E-state index in [1.165, 1.54) is 39.5 Å². The van der Waals surface area contributed by atoms with Crippen LogP contribution in [0, 0.1) is 16.7 Å². The van der Waals surface area contributed by atoms with Gasteiger partial charge in [-0.3, -0.25) is 19.2 Å². The maximum Gasteiger partial charge on any atom is 0.347 e. The van der Waals surface area contributed by atoms with Gasteiger partial charge in [-0.15, -0.1) is 0 Å². The first-order valence-corrected chi connectivity index (χ1v) is 22.6. The minimum absolute atomic E-state index is 0. The van der Waals surface area contributed by atoms with Crippen molar-refractivity contribution in [2.75, 3.05) is 13.7 Å². The van der Waals surface area contributed by atoms with Gasteiger partial charge in [0.1, 0.15) is 23.9 Å². The number of aliphatic hydroxyl groups is 2. The van der Waals surface area contributed by atoms with Crippen molar-refractivity contribution in [3.05, 3.63) is 119 Å². The number of carbonyl (C=O) groups excluding carboxylic acids is 7. The van der Waals surface area contributed by atoms with Gasteiger partial charge in [0.2, 0.25) is 0 Å². The number of hydrogen-bond donors (Lipinski definition) is 3. The summed E-state index contributed by atoms with van der Waals surface area (Å²) >= 11 is 0. The van der Waals surface area contributed by atoms with Crippen LogP contribution >= 0.6 is 0 Å². The van der Waals surface area contributed by atoms with Crippen LogP contribution in [0.15, 0.2) is 107 Å². The Morgan fingerprint density at radius 1 is 0.871 bits per heavy atom. The number of Topliss-reactive ketones (excluding diaryl/α,β-unsaturated/α-hetero) is 1. The second-order valence-corrected chi connectivity index (χ2v) is 17.8. The zero-order valence-electron chi connectivity index (χ0n) is 40.7. The molecule has 1 radical (unpaired) electrons. The topological polar surface area (TPSA) is 240 Å². The molecule has 3 aromatic carbocycles. The van der Waals surface area contributed by atoms with E-state index in [0.717, 1.165) is 13.8 Å². The van der Waals surface area contributed by atoms with E-state index in [-0.39, 0.29) is 68.0 Å². The Kier molecular flexibility index (Phi) is 19.3. The predicted molar refractivity (Wildman–Crippen MR) is 248 cm³/mol. The van der Waals surface area contributed by atoms with Crippen LogP contribution in [0.4, 0.5) is 0 Å². The molecule has 373 valence electrons. The molecule has 0 aromatic heterocycles. The number of nitrogens with zero attached hydrogens (tertiary/aromatic N) is 1. The molecule has 1 aliphatic heterocycles. The summed E-state index contributed by atoms with van der Waals surface area (Å²) in [7, 11) is 1.53. The number of benzene rings is 3. The van der Waals surface area contributed by atoms with Crippen molar-refractivity contribution in [1.29, 1.82) is 0 Å². The van der Waals surface area contributed by atoms with Gasteiger partial charge in [-0.1, -0.05) is 101 Å². The average Bonchev–Trinajstić information content (AvgIpc) is 3.32. The number of esters is 4. The molecule has 2 saturated carbocycles. The van der Waals surface area contributed by atoms with Crippen molar-refractivity contribution in [1.82, 2.24) is 5.32 Å². The summed E-state index contributed by atoms with van der Waals surface area (Å²) in [6.07, 6.45) is -10.6. The Hall–Kier alpha value is -5.46. The maximum atomic E-state index is 15.5. The molecular formula is C52H60N2O15Y-2. The summed E-state index contributed by atoms with van der Waals surface area (Å²) < 4.78 is 35.7. The molecule has 3 aliphatic carbocycles. The zero-order valence-corrected chi connectivity index (χ0v) is 43.5. The Bertz CT molecular complexity index is 2420. The first-order chi connectivity index (χ1) is 32.7. The number of ether oxygens (including phenoxy) is 6. The molecule has 4 aliphatic rings. The van der Waals surface area contributed by atoms with Crippen LogP contribution in [0.3, 0.4) is 0 Å². The van der Waals surface area contributed by atoms with Gasteiger partial charge in [-0.2, -0.15) is 0 Å². The molecule has 1 heterocycles. The van der Waals surface area contributed by atoms with Gasteiger partial charge in [-0.05, 0) is 61.9 Å². The van der Waals surface area contributed by atoms with Crippen LogP contribution < -0.4 is 5.32 Å². The summed E-state index contributed by atoms with van der Waals surface area (Å²) in [6, 6.07) is 22.7. The Morgan fingerprint density at radius 2 is 1.41 bits per heavy atom. The molecule has 7 rings (SSSR count). The fourth-order valence-corrected chi connectivity index (χ4v) is 10.3. The maximum absolute atomic E-state index is 15.5. The summed E-state index contributed by atoms with van der Waals surface area (Å²) in [5.74, 6) is -6.96.